The molecule has 3 aromatic rings. The van der Waals surface area contributed by atoms with E-state index in [4.69, 9.17) is 14.2 Å². The maximum absolute atomic E-state index is 12.9. The van der Waals surface area contributed by atoms with E-state index in [0.717, 1.165) is 28.2 Å². The number of rotatable bonds is 8. The zero-order valence-electron chi connectivity index (χ0n) is 16.8. The number of para-hydroxylation sites is 1. The molecule has 1 amide bonds. The second kappa shape index (κ2) is 9.64. The van der Waals surface area contributed by atoms with Crippen molar-refractivity contribution in [3.05, 3.63) is 89.5 Å². The largest absolute Gasteiger partial charge is 0.497 e. The Morgan fingerprint density at radius 1 is 0.759 bits per heavy atom. The minimum Gasteiger partial charge on any atom is -0.497 e. The van der Waals surface area contributed by atoms with Crippen LogP contribution in [0.2, 0.25) is 0 Å². The number of methoxy groups -OCH3 is 3. The van der Waals surface area contributed by atoms with Gasteiger partial charge >= 0.3 is 0 Å². The number of amides is 1. The van der Waals surface area contributed by atoms with E-state index in [2.05, 4.69) is 5.32 Å². The van der Waals surface area contributed by atoms with Crippen LogP contribution in [0.4, 0.5) is 0 Å². The molecule has 1 N–H and O–H groups in total. The highest BCUT2D eigenvalue weighted by Gasteiger charge is 2.18. The van der Waals surface area contributed by atoms with Crippen molar-refractivity contribution in [1.82, 2.24) is 5.32 Å². The van der Waals surface area contributed by atoms with Gasteiger partial charge in [-0.3, -0.25) is 4.79 Å². The fraction of sp³-hybridized carbons (Fsp3) is 0.208. The van der Waals surface area contributed by atoms with Gasteiger partial charge in [0.2, 0.25) is 5.91 Å². The minimum absolute atomic E-state index is 0.0915. The molecule has 0 aromatic heterocycles. The molecular weight excluding hydrogens is 366 g/mol. The molecule has 0 bridgehead atoms. The summed E-state index contributed by atoms with van der Waals surface area (Å²) >= 11 is 0. The van der Waals surface area contributed by atoms with E-state index in [1.807, 2.05) is 72.8 Å². The van der Waals surface area contributed by atoms with Crippen LogP contribution in [0.25, 0.3) is 0 Å². The summed E-state index contributed by atoms with van der Waals surface area (Å²) in [6, 6.07) is 22.6. The van der Waals surface area contributed by atoms with Gasteiger partial charge in [-0.05, 0) is 41.5 Å². The van der Waals surface area contributed by atoms with Gasteiger partial charge in [0.15, 0.2) is 0 Å². The molecule has 5 nitrogen and oxygen atoms in total. The Morgan fingerprint density at radius 2 is 1.28 bits per heavy atom. The van der Waals surface area contributed by atoms with Crippen molar-refractivity contribution < 1.29 is 19.0 Å². The van der Waals surface area contributed by atoms with E-state index in [1.54, 1.807) is 21.3 Å². The van der Waals surface area contributed by atoms with Crippen LogP contribution in [-0.4, -0.2) is 27.2 Å². The Morgan fingerprint density at radius 3 is 1.76 bits per heavy atom. The SMILES string of the molecule is COc1ccc(C(NC(=O)Cc2ccccc2OC)c2ccc(OC)cc2)cc1. The smallest absolute Gasteiger partial charge is 0.225 e. The molecule has 0 heterocycles. The molecule has 0 aliphatic heterocycles. The van der Waals surface area contributed by atoms with Crippen LogP contribution in [0.1, 0.15) is 22.7 Å². The molecule has 3 aromatic carbocycles. The first kappa shape index (κ1) is 20.3. The first-order valence-corrected chi connectivity index (χ1v) is 9.33. The molecule has 0 fully saturated rings. The third-order valence-corrected chi connectivity index (χ3v) is 4.75. The lowest BCUT2D eigenvalue weighted by atomic mass is 9.98. The van der Waals surface area contributed by atoms with Gasteiger partial charge in [-0.2, -0.15) is 0 Å². The molecule has 0 saturated carbocycles. The van der Waals surface area contributed by atoms with Crippen molar-refractivity contribution in [1.29, 1.82) is 0 Å². The molecule has 0 saturated heterocycles. The van der Waals surface area contributed by atoms with E-state index in [1.165, 1.54) is 0 Å². The average molecular weight is 391 g/mol. The van der Waals surface area contributed by atoms with Gasteiger partial charge in [-0.25, -0.2) is 0 Å². The van der Waals surface area contributed by atoms with Gasteiger partial charge in [0.1, 0.15) is 17.2 Å². The second-order valence-electron chi connectivity index (χ2n) is 6.54. The number of carbonyl (C=O) groups excluding carboxylic acids is 1. The topological polar surface area (TPSA) is 56.8 Å². The van der Waals surface area contributed by atoms with Gasteiger partial charge in [0.05, 0.1) is 33.8 Å². The molecule has 3 rings (SSSR count). The van der Waals surface area contributed by atoms with E-state index in [-0.39, 0.29) is 18.4 Å². The van der Waals surface area contributed by atoms with Crippen LogP contribution < -0.4 is 19.5 Å². The minimum atomic E-state index is -0.297. The van der Waals surface area contributed by atoms with E-state index in [0.29, 0.717) is 5.75 Å². The van der Waals surface area contributed by atoms with Crippen molar-refractivity contribution >= 4 is 5.91 Å². The number of hydrogen-bond acceptors (Lipinski definition) is 4. The van der Waals surface area contributed by atoms with Gasteiger partial charge < -0.3 is 19.5 Å². The molecule has 0 unspecified atom stereocenters. The molecule has 5 heteroatoms. The first-order chi connectivity index (χ1) is 14.1. The summed E-state index contributed by atoms with van der Waals surface area (Å²) in [6.45, 7) is 0. The summed E-state index contributed by atoms with van der Waals surface area (Å²) in [4.78, 5) is 12.9. The Hall–Kier alpha value is -3.47. The molecule has 0 atom stereocenters. The van der Waals surface area contributed by atoms with Crippen molar-refractivity contribution in [3.63, 3.8) is 0 Å². The van der Waals surface area contributed by atoms with Crippen LogP contribution in [0.5, 0.6) is 17.2 Å². The molecule has 0 aliphatic rings. The number of benzene rings is 3. The van der Waals surface area contributed by atoms with Crippen molar-refractivity contribution in [2.75, 3.05) is 21.3 Å². The monoisotopic (exact) mass is 391 g/mol. The highest BCUT2D eigenvalue weighted by atomic mass is 16.5. The zero-order chi connectivity index (χ0) is 20.6. The number of nitrogens with one attached hydrogen (secondary N) is 1. The van der Waals surface area contributed by atoms with Crippen LogP contribution >= 0.6 is 0 Å². The maximum Gasteiger partial charge on any atom is 0.225 e. The maximum atomic E-state index is 12.9. The number of carbonyl (C=O) groups is 1. The fourth-order valence-electron chi connectivity index (χ4n) is 3.19. The lowest BCUT2D eigenvalue weighted by Crippen LogP contribution is -2.30. The summed E-state index contributed by atoms with van der Waals surface area (Å²) in [5.41, 5.74) is 2.77. The summed E-state index contributed by atoms with van der Waals surface area (Å²) in [5, 5.41) is 3.15. The third kappa shape index (κ3) is 5.08. The number of ether oxygens (including phenoxy) is 3. The van der Waals surface area contributed by atoms with Crippen LogP contribution in [0.15, 0.2) is 72.8 Å². The summed E-state index contributed by atoms with van der Waals surface area (Å²) in [7, 11) is 4.87. The zero-order valence-corrected chi connectivity index (χ0v) is 16.8. The molecule has 0 radical (unpaired) electrons. The highest BCUT2D eigenvalue weighted by Crippen LogP contribution is 2.26. The Bertz CT molecular complexity index is 888. The predicted octanol–water partition coefficient (Wildman–Crippen LogP) is 4.16. The van der Waals surface area contributed by atoms with Crippen LogP contribution in [-0.2, 0) is 11.2 Å². The highest BCUT2D eigenvalue weighted by molar-refractivity contribution is 5.80. The van der Waals surface area contributed by atoms with E-state index >= 15 is 0 Å². The van der Waals surface area contributed by atoms with Crippen LogP contribution in [0.3, 0.4) is 0 Å². The molecule has 0 spiro atoms. The van der Waals surface area contributed by atoms with Crippen molar-refractivity contribution in [2.24, 2.45) is 0 Å². The molecular formula is C24H25NO4. The van der Waals surface area contributed by atoms with Crippen LogP contribution in [0, 0.1) is 0 Å². The van der Waals surface area contributed by atoms with E-state index in [9.17, 15) is 4.79 Å². The quantitative estimate of drug-likeness (QED) is 0.626. The van der Waals surface area contributed by atoms with Gasteiger partial charge in [-0.15, -0.1) is 0 Å². The first-order valence-electron chi connectivity index (χ1n) is 9.33. The lowest BCUT2D eigenvalue weighted by Gasteiger charge is -2.21. The Kier molecular flexibility index (Phi) is 6.74. The Labute approximate surface area is 171 Å². The van der Waals surface area contributed by atoms with Crippen molar-refractivity contribution in [2.45, 2.75) is 12.5 Å². The normalized spacial score (nSPS) is 10.5. The molecule has 0 aliphatic carbocycles. The van der Waals surface area contributed by atoms with Gasteiger partial charge in [0.25, 0.3) is 0 Å². The third-order valence-electron chi connectivity index (χ3n) is 4.75. The standard InChI is InChI=1S/C24H25NO4/c1-27-20-12-8-17(9-13-20)24(18-10-14-21(28-2)15-11-18)25-23(26)16-19-6-4-5-7-22(19)29-3/h4-15,24H,16H2,1-3H3,(H,25,26). The van der Waals surface area contributed by atoms with E-state index < -0.39 is 0 Å². The lowest BCUT2D eigenvalue weighted by molar-refractivity contribution is -0.121. The van der Waals surface area contributed by atoms with Gasteiger partial charge in [0, 0.05) is 5.56 Å². The molecule has 150 valence electrons. The molecule has 29 heavy (non-hydrogen) atoms. The second-order valence-corrected chi connectivity index (χ2v) is 6.54. The van der Waals surface area contributed by atoms with Gasteiger partial charge in [-0.1, -0.05) is 42.5 Å². The van der Waals surface area contributed by atoms with Crippen molar-refractivity contribution in [3.8, 4) is 17.2 Å². The number of hydrogen-bond donors (Lipinski definition) is 1. The summed E-state index contributed by atoms with van der Waals surface area (Å²) < 4.78 is 15.9. The summed E-state index contributed by atoms with van der Waals surface area (Å²) in [5.74, 6) is 2.14. The Balaban J connectivity index is 1.86. The fourth-order valence-corrected chi connectivity index (χ4v) is 3.19. The predicted molar refractivity (Wildman–Crippen MR) is 113 cm³/mol. The average Bonchev–Trinajstić information content (AvgIpc) is 2.78. The summed E-state index contributed by atoms with van der Waals surface area (Å²) in [6.07, 6.45) is 0.229.